The number of aromatic nitrogens is 1. The largest absolute Gasteiger partial charge is 0.457 e. The standard InChI is InChI=1S/C109H88BN3O/c1-106(2,3)81-61-77(62-82(67-81)107(4,5)6)76-55-58-93-97(64-76)112(105-89(73-39-20-12-21-40-73)68-83(108(7,8)9)69-90(105)74-41-22-13-23-42-74)99-65-78(75-56-60-102-92(63-75)109(79-43-24-14-25-44-79,80-45-26-15-27-46-80)91-51-30-33-54-101(91)114-102)66-100-103(99)110(93)94-59-57-84(111-95-52-31-28-47-87(95)88-48-29-32-53-96(88)111)70-98(94)113(100)104-85(71-35-16-10-17-36-71)49-34-50-86(104)72-37-18-11-19-38-72/h10-70H,1-9H3/i28D,29D,31D,32D,47D,48D,52D,53D. The van der Waals surface area contributed by atoms with Gasteiger partial charge in [0, 0.05) is 72.6 Å². The fourth-order valence-corrected chi connectivity index (χ4v) is 18.1. The Bertz CT molecular complexity index is 6870. The average Bonchev–Trinajstić information content (AvgIpc) is 1.10. The quantitative estimate of drug-likeness (QED) is 0.120. The molecule has 0 spiro atoms. The van der Waals surface area contributed by atoms with Gasteiger partial charge in [-0.05, 0) is 178 Å². The van der Waals surface area contributed by atoms with E-state index in [0.717, 1.165) is 151 Å². The number of hydrogen-bond donors (Lipinski definition) is 0. The van der Waals surface area contributed by atoms with E-state index in [1.54, 1.807) is 4.57 Å². The second-order valence-electron chi connectivity index (χ2n) is 33.8. The van der Waals surface area contributed by atoms with Gasteiger partial charge >= 0.3 is 0 Å². The maximum atomic E-state index is 9.98. The zero-order chi connectivity index (χ0) is 84.3. The predicted molar refractivity (Wildman–Crippen MR) is 482 cm³/mol. The van der Waals surface area contributed by atoms with Crippen molar-refractivity contribution in [3.8, 4) is 83.9 Å². The molecule has 4 nitrogen and oxygen atoms in total. The number of ether oxygens (including phenoxy) is 1. The molecule has 114 heavy (non-hydrogen) atoms. The van der Waals surface area contributed by atoms with Crippen LogP contribution in [0.3, 0.4) is 0 Å². The first kappa shape index (κ1) is 61.5. The Morgan fingerprint density at radius 3 is 1.21 bits per heavy atom. The third-order valence-electron chi connectivity index (χ3n) is 23.8. The molecule has 3 aliphatic rings. The van der Waals surface area contributed by atoms with E-state index in [-0.39, 0.29) is 50.1 Å². The molecule has 0 fully saturated rings. The van der Waals surface area contributed by atoms with Crippen LogP contribution >= 0.6 is 0 Å². The zero-order valence-electron chi connectivity index (χ0n) is 73.4. The van der Waals surface area contributed by atoms with Gasteiger partial charge in [-0.1, -0.05) is 359 Å². The van der Waals surface area contributed by atoms with Crippen molar-refractivity contribution in [1.29, 1.82) is 0 Å². The number of para-hydroxylation sites is 4. The first-order chi connectivity index (χ1) is 58.8. The summed E-state index contributed by atoms with van der Waals surface area (Å²) in [5, 5.41) is -0.00830. The minimum atomic E-state index is -0.905. The van der Waals surface area contributed by atoms with Crippen molar-refractivity contribution in [2.45, 2.75) is 84.0 Å². The Kier molecular flexibility index (Phi) is 14.6. The van der Waals surface area contributed by atoms with Crippen LogP contribution in [-0.4, -0.2) is 11.3 Å². The van der Waals surface area contributed by atoms with Crippen LogP contribution in [0.2, 0.25) is 0 Å². The lowest BCUT2D eigenvalue weighted by molar-refractivity contribution is 0.434. The molecule has 0 saturated heterocycles. The second kappa shape index (κ2) is 27.0. The van der Waals surface area contributed by atoms with E-state index < -0.39 is 48.4 Å². The molecule has 0 bridgehead atoms. The van der Waals surface area contributed by atoms with Crippen LogP contribution in [0.4, 0.5) is 34.1 Å². The van der Waals surface area contributed by atoms with Crippen LogP contribution in [-0.2, 0) is 21.7 Å². The van der Waals surface area contributed by atoms with Crippen molar-refractivity contribution in [3.05, 3.63) is 409 Å². The molecule has 0 atom stereocenters. The van der Waals surface area contributed by atoms with Crippen molar-refractivity contribution in [1.82, 2.24) is 4.57 Å². The lowest BCUT2D eigenvalue weighted by Gasteiger charge is -2.46. The SMILES string of the molecule is [2H]c1c([2H])c([2H])c2c(c1[2H])c1c([2H])c([2H])c([2H])c([2H])c1n2-c1ccc2c(c1)N(c1c(-c3ccccc3)cccc1-c1ccccc1)c1cc(-c3ccc4c(c3)C(c3ccccc3)(c3ccccc3)c3ccccc3O4)cc3c1B2c1ccc(-c2cc(C(C)(C)C)cc(C(C)(C)C)c2)cc1N3c1c(-c2ccccc2)cc(C(C)(C)C)cc1-c1ccccc1. The van der Waals surface area contributed by atoms with Gasteiger partial charge in [-0.3, -0.25) is 0 Å². The van der Waals surface area contributed by atoms with Crippen molar-refractivity contribution >= 4 is 79.0 Å². The Morgan fingerprint density at radius 2 is 0.702 bits per heavy atom. The maximum absolute atomic E-state index is 9.98. The summed E-state index contributed by atoms with van der Waals surface area (Å²) in [6.45, 7) is 20.1. The molecule has 0 amide bonds. The fourth-order valence-electron chi connectivity index (χ4n) is 18.1. The summed E-state index contributed by atoms with van der Waals surface area (Å²) in [5.41, 5.74) is 26.6. The first-order valence-electron chi connectivity index (χ1n) is 43.6. The van der Waals surface area contributed by atoms with Crippen molar-refractivity contribution in [3.63, 3.8) is 0 Å². The minimum Gasteiger partial charge on any atom is -0.457 e. The monoisotopic (exact) mass is 1470 g/mol. The van der Waals surface area contributed by atoms with E-state index in [9.17, 15) is 11.0 Å². The molecular formula is C109H88BN3O. The summed E-state index contributed by atoms with van der Waals surface area (Å²) in [6, 6.07) is 113. The third kappa shape index (κ3) is 11.5. The first-order valence-corrected chi connectivity index (χ1v) is 39.6. The number of benzene rings is 16. The molecule has 20 rings (SSSR count). The Labute approximate surface area is 681 Å². The van der Waals surface area contributed by atoms with Crippen LogP contribution in [0.25, 0.3) is 94.3 Å². The van der Waals surface area contributed by atoms with E-state index in [2.05, 4.69) is 369 Å². The highest BCUT2D eigenvalue weighted by Gasteiger charge is 2.48. The predicted octanol–water partition coefficient (Wildman–Crippen LogP) is 27.2. The lowest BCUT2D eigenvalue weighted by atomic mass is 9.33. The normalized spacial score (nSPS) is 14.4. The van der Waals surface area contributed by atoms with Crippen LogP contribution < -0.4 is 30.9 Å². The second-order valence-corrected chi connectivity index (χ2v) is 33.8. The topological polar surface area (TPSA) is 20.6 Å². The molecule has 5 heteroatoms. The Hall–Kier alpha value is -13.2. The molecule has 16 aromatic carbocycles. The van der Waals surface area contributed by atoms with Gasteiger partial charge in [-0.15, -0.1) is 0 Å². The summed E-state index contributed by atoms with van der Waals surface area (Å²) in [5.74, 6) is 1.49. The molecule has 0 saturated carbocycles. The van der Waals surface area contributed by atoms with E-state index >= 15 is 0 Å². The van der Waals surface area contributed by atoms with E-state index in [0.29, 0.717) is 5.69 Å². The van der Waals surface area contributed by atoms with Crippen molar-refractivity contribution < 1.29 is 15.7 Å². The van der Waals surface area contributed by atoms with E-state index in [1.165, 1.54) is 16.7 Å². The van der Waals surface area contributed by atoms with Crippen molar-refractivity contribution in [2.75, 3.05) is 9.80 Å². The minimum absolute atomic E-state index is 0.00415. The molecule has 0 unspecified atom stereocenters. The highest BCUT2D eigenvalue weighted by Crippen LogP contribution is 2.59. The van der Waals surface area contributed by atoms with Crippen LogP contribution in [0.1, 0.15) is 112 Å². The molecule has 1 aromatic heterocycles. The summed E-state index contributed by atoms with van der Waals surface area (Å²) < 4.78 is 85.5. The molecule has 17 aromatic rings. The summed E-state index contributed by atoms with van der Waals surface area (Å²) in [6.07, 6.45) is 0. The number of hydrogen-bond acceptors (Lipinski definition) is 3. The smallest absolute Gasteiger partial charge is 0.252 e. The number of nitrogens with zero attached hydrogens (tertiary/aromatic N) is 3. The fraction of sp³-hybridized carbons (Fsp3) is 0.119. The molecule has 0 radical (unpaired) electrons. The van der Waals surface area contributed by atoms with E-state index in [4.69, 9.17) is 4.74 Å². The molecule has 3 aliphatic heterocycles. The van der Waals surface area contributed by atoms with Crippen LogP contribution in [0, 0.1) is 0 Å². The summed E-state index contributed by atoms with van der Waals surface area (Å²) in [4.78, 5) is 5.06. The van der Waals surface area contributed by atoms with Gasteiger partial charge in [0.15, 0.2) is 0 Å². The van der Waals surface area contributed by atoms with Crippen LogP contribution in [0.15, 0.2) is 370 Å². The molecular weight excluding hydrogens is 1380 g/mol. The van der Waals surface area contributed by atoms with Crippen LogP contribution in [0.5, 0.6) is 11.5 Å². The van der Waals surface area contributed by atoms with Gasteiger partial charge in [-0.25, -0.2) is 0 Å². The number of rotatable bonds is 11. The molecule has 0 aliphatic carbocycles. The third-order valence-corrected chi connectivity index (χ3v) is 23.8. The van der Waals surface area contributed by atoms with Gasteiger partial charge in [0.1, 0.15) is 11.5 Å². The van der Waals surface area contributed by atoms with Gasteiger partial charge in [0.05, 0.1) is 38.8 Å². The Morgan fingerprint density at radius 1 is 0.307 bits per heavy atom. The molecule has 548 valence electrons. The maximum Gasteiger partial charge on any atom is 0.252 e. The molecule has 4 heterocycles. The highest BCUT2D eigenvalue weighted by atomic mass is 16.5. The summed E-state index contributed by atoms with van der Waals surface area (Å²) in [7, 11) is 0. The van der Waals surface area contributed by atoms with Gasteiger partial charge in [-0.2, -0.15) is 0 Å². The lowest BCUT2D eigenvalue weighted by Crippen LogP contribution is -2.61. The number of anilines is 6. The van der Waals surface area contributed by atoms with Crippen molar-refractivity contribution in [2.24, 2.45) is 0 Å². The van der Waals surface area contributed by atoms with Gasteiger partial charge in [0.2, 0.25) is 0 Å². The highest BCUT2D eigenvalue weighted by molar-refractivity contribution is 7.00. The number of fused-ring (bicyclic) bond motifs is 9. The Balaban J connectivity index is 1.00. The summed E-state index contributed by atoms with van der Waals surface area (Å²) >= 11 is 0. The van der Waals surface area contributed by atoms with E-state index in [1.807, 2.05) is 24.3 Å². The molecule has 0 N–H and O–H groups in total. The van der Waals surface area contributed by atoms with Gasteiger partial charge in [0.25, 0.3) is 6.71 Å². The van der Waals surface area contributed by atoms with Gasteiger partial charge < -0.3 is 19.1 Å². The zero-order valence-corrected chi connectivity index (χ0v) is 65.4. The average molecular weight is 1470 g/mol.